The largest absolute Gasteiger partial charge is 0.379 e. The van der Waals surface area contributed by atoms with Crippen molar-refractivity contribution in [3.05, 3.63) is 0 Å². The summed E-state index contributed by atoms with van der Waals surface area (Å²) in [5.41, 5.74) is 0. The lowest BCUT2D eigenvalue weighted by Gasteiger charge is -2.12. The molecule has 0 aromatic heterocycles. The Balaban J connectivity index is 1.73. The Hall–Kier alpha value is 0.0569. The summed E-state index contributed by atoms with van der Waals surface area (Å²) in [5, 5.41) is 0. The molecule has 0 aromatic rings. The third kappa shape index (κ3) is 7.35. The quantitative estimate of drug-likeness (QED) is 0.235. The molecule has 0 spiro atoms. The van der Waals surface area contributed by atoms with Crippen LogP contribution in [0.3, 0.4) is 0 Å². The highest BCUT2D eigenvalue weighted by Gasteiger charge is 2.21. The van der Waals surface area contributed by atoms with Gasteiger partial charge in [0.2, 0.25) is 0 Å². The highest BCUT2D eigenvalue weighted by molar-refractivity contribution is 6.35. The van der Waals surface area contributed by atoms with Gasteiger partial charge in [0.05, 0.1) is 13.2 Å². The first-order valence-corrected chi connectivity index (χ1v) is 8.11. The van der Waals surface area contributed by atoms with Crippen LogP contribution in [0.15, 0.2) is 0 Å². The van der Waals surface area contributed by atoms with Gasteiger partial charge in [-0.3, -0.25) is 0 Å². The van der Waals surface area contributed by atoms with Crippen LogP contribution in [0.5, 0.6) is 0 Å². The molecule has 0 saturated carbocycles. The minimum absolute atomic E-state index is 0.00392. The Morgan fingerprint density at radius 1 is 1.31 bits per heavy atom. The van der Waals surface area contributed by atoms with E-state index in [1.165, 1.54) is 18.5 Å². The summed E-state index contributed by atoms with van der Waals surface area (Å²) >= 11 is 0. The second kappa shape index (κ2) is 9.12. The first kappa shape index (κ1) is 14.1. The number of ether oxygens (including phenoxy) is 4. The molecular weight excluding hydrogens is 224 g/mol. The molecular formula is C11H24O4Si. The van der Waals surface area contributed by atoms with Crippen LogP contribution >= 0.6 is 0 Å². The van der Waals surface area contributed by atoms with Gasteiger partial charge in [0.1, 0.15) is 6.10 Å². The molecule has 16 heavy (non-hydrogen) atoms. The van der Waals surface area contributed by atoms with Crippen molar-refractivity contribution < 1.29 is 18.9 Å². The number of hydrogen-bond acceptors (Lipinski definition) is 4. The summed E-state index contributed by atoms with van der Waals surface area (Å²) in [6.07, 6.45) is 2.64. The van der Waals surface area contributed by atoms with Gasteiger partial charge in [0, 0.05) is 30.3 Å². The zero-order valence-corrected chi connectivity index (χ0v) is 11.9. The van der Waals surface area contributed by atoms with E-state index in [1.807, 2.05) is 0 Å². The normalized spacial score (nSPS) is 20.1. The van der Waals surface area contributed by atoms with Crippen molar-refractivity contribution in [2.75, 3.05) is 34.0 Å². The summed E-state index contributed by atoms with van der Waals surface area (Å²) in [5.74, 6) is 0. The number of methoxy groups -OCH3 is 2. The second-order valence-electron chi connectivity index (χ2n) is 4.13. The van der Waals surface area contributed by atoms with E-state index in [9.17, 15) is 0 Å². The predicted molar refractivity (Wildman–Crippen MR) is 65.8 cm³/mol. The summed E-state index contributed by atoms with van der Waals surface area (Å²) < 4.78 is 20.8. The zero-order valence-electron chi connectivity index (χ0n) is 10.4. The van der Waals surface area contributed by atoms with Gasteiger partial charge in [0.15, 0.2) is 6.29 Å². The molecule has 0 radical (unpaired) electrons. The van der Waals surface area contributed by atoms with E-state index in [2.05, 4.69) is 0 Å². The zero-order chi connectivity index (χ0) is 11.6. The number of hydrogen-bond donors (Lipinski definition) is 0. The summed E-state index contributed by atoms with van der Waals surface area (Å²) in [7, 11) is 3.44. The fourth-order valence-corrected chi connectivity index (χ4v) is 3.11. The molecule has 1 heterocycles. The molecule has 0 amide bonds. The van der Waals surface area contributed by atoms with Gasteiger partial charge >= 0.3 is 0 Å². The van der Waals surface area contributed by atoms with E-state index in [0.717, 1.165) is 26.2 Å². The average Bonchev–Trinajstić information content (AvgIpc) is 3.11. The van der Waals surface area contributed by atoms with E-state index in [0.29, 0.717) is 6.10 Å². The highest BCUT2D eigenvalue weighted by Crippen LogP contribution is 2.09. The third-order valence-corrected chi connectivity index (χ3v) is 4.62. The molecule has 1 aliphatic rings. The molecule has 5 heteroatoms. The molecule has 0 aromatic carbocycles. The maximum atomic E-state index is 5.48. The molecule has 0 bridgehead atoms. The number of epoxide rings is 1. The molecule has 0 aliphatic carbocycles. The van der Waals surface area contributed by atoms with Crippen molar-refractivity contribution in [1.82, 2.24) is 0 Å². The maximum Gasteiger partial charge on any atom is 0.156 e. The average molecular weight is 248 g/mol. The molecule has 1 atom stereocenters. The standard InChI is InChI=1S/C11H24O4Si/c1-12-11(13-2)4-7-16-6-3-5-14-8-10-9-15-10/h10-11H,3-9,16H2,1-2H3. The van der Waals surface area contributed by atoms with Gasteiger partial charge in [-0.05, 0) is 12.8 Å². The van der Waals surface area contributed by atoms with Gasteiger partial charge in [-0.25, -0.2) is 0 Å². The van der Waals surface area contributed by atoms with Gasteiger partial charge in [-0.2, -0.15) is 0 Å². The van der Waals surface area contributed by atoms with Gasteiger partial charge in [-0.15, -0.1) is 0 Å². The lowest BCUT2D eigenvalue weighted by molar-refractivity contribution is -0.103. The molecule has 1 rings (SSSR count). The van der Waals surface area contributed by atoms with Crippen molar-refractivity contribution in [3.63, 3.8) is 0 Å². The highest BCUT2D eigenvalue weighted by atomic mass is 28.2. The molecule has 1 aliphatic heterocycles. The Bertz CT molecular complexity index is 160. The van der Waals surface area contributed by atoms with Crippen LogP contribution in [-0.2, 0) is 18.9 Å². The van der Waals surface area contributed by atoms with E-state index >= 15 is 0 Å². The Labute approximate surface area is 100 Å². The van der Waals surface area contributed by atoms with Crippen LogP contribution in [-0.4, -0.2) is 56.0 Å². The van der Waals surface area contributed by atoms with Crippen molar-refractivity contribution in [1.29, 1.82) is 0 Å². The van der Waals surface area contributed by atoms with Crippen molar-refractivity contribution >= 4 is 9.52 Å². The Kier molecular flexibility index (Phi) is 8.05. The first-order chi connectivity index (χ1) is 7.86. The molecule has 96 valence electrons. The van der Waals surface area contributed by atoms with E-state index in [4.69, 9.17) is 18.9 Å². The van der Waals surface area contributed by atoms with Crippen LogP contribution in [0.4, 0.5) is 0 Å². The Morgan fingerprint density at radius 2 is 2.06 bits per heavy atom. The molecule has 1 unspecified atom stereocenters. The van der Waals surface area contributed by atoms with E-state index in [-0.39, 0.29) is 15.8 Å². The minimum Gasteiger partial charge on any atom is -0.379 e. The van der Waals surface area contributed by atoms with Gasteiger partial charge in [0.25, 0.3) is 0 Å². The maximum absolute atomic E-state index is 5.48. The fraction of sp³-hybridized carbons (Fsp3) is 1.00. The number of rotatable bonds is 11. The fourth-order valence-electron chi connectivity index (χ4n) is 1.58. The minimum atomic E-state index is -0.00392. The van der Waals surface area contributed by atoms with Crippen LogP contribution in [0, 0.1) is 0 Å². The van der Waals surface area contributed by atoms with Gasteiger partial charge in [-0.1, -0.05) is 12.1 Å². The predicted octanol–water partition coefficient (Wildman–Crippen LogP) is 0.806. The van der Waals surface area contributed by atoms with Crippen LogP contribution in [0.2, 0.25) is 12.1 Å². The topological polar surface area (TPSA) is 40.2 Å². The smallest absolute Gasteiger partial charge is 0.156 e. The van der Waals surface area contributed by atoms with Crippen LogP contribution in [0.25, 0.3) is 0 Å². The summed E-state index contributed by atoms with van der Waals surface area (Å²) in [6, 6.07) is 2.64. The lowest BCUT2D eigenvalue weighted by atomic mass is 10.5. The molecule has 0 N–H and O–H groups in total. The molecule has 4 nitrogen and oxygen atoms in total. The monoisotopic (exact) mass is 248 g/mol. The summed E-state index contributed by atoms with van der Waals surface area (Å²) in [6.45, 7) is 2.58. The Morgan fingerprint density at radius 3 is 2.69 bits per heavy atom. The van der Waals surface area contributed by atoms with Crippen molar-refractivity contribution in [2.45, 2.75) is 37.3 Å². The van der Waals surface area contributed by atoms with Gasteiger partial charge < -0.3 is 18.9 Å². The summed E-state index contributed by atoms with van der Waals surface area (Å²) in [4.78, 5) is 0. The first-order valence-electron chi connectivity index (χ1n) is 6.11. The van der Waals surface area contributed by atoms with Crippen LogP contribution in [0.1, 0.15) is 12.8 Å². The third-order valence-electron chi connectivity index (χ3n) is 2.71. The SMILES string of the molecule is COC(CC[SiH2]CCCOCC1CO1)OC. The second-order valence-corrected chi connectivity index (χ2v) is 6.26. The van der Waals surface area contributed by atoms with Crippen molar-refractivity contribution in [3.8, 4) is 0 Å². The van der Waals surface area contributed by atoms with Crippen LogP contribution < -0.4 is 0 Å². The molecule has 1 fully saturated rings. The van der Waals surface area contributed by atoms with Crippen molar-refractivity contribution in [2.24, 2.45) is 0 Å². The van der Waals surface area contributed by atoms with E-state index < -0.39 is 0 Å². The lowest BCUT2D eigenvalue weighted by Crippen LogP contribution is -2.13. The van der Waals surface area contributed by atoms with E-state index in [1.54, 1.807) is 14.2 Å². The molecule has 1 saturated heterocycles.